The van der Waals surface area contributed by atoms with Crippen LogP contribution >= 0.6 is 0 Å². The van der Waals surface area contributed by atoms with Crippen LogP contribution in [0.2, 0.25) is 0 Å². The van der Waals surface area contributed by atoms with Crippen molar-refractivity contribution >= 4 is 10.0 Å². The molecule has 5 heteroatoms. The molecule has 0 radical (unpaired) electrons. The van der Waals surface area contributed by atoms with Gasteiger partial charge in [-0.3, -0.25) is 0 Å². The number of nitrogens with two attached hydrogens (primary N) is 1. The van der Waals surface area contributed by atoms with Crippen LogP contribution in [0, 0.1) is 11.3 Å². The molecule has 15 heavy (non-hydrogen) atoms. The molecule has 0 bridgehead atoms. The van der Waals surface area contributed by atoms with Crippen molar-refractivity contribution < 1.29 is 8.42 Å². The zero-order valence-corrected chi connectivity index (χ0v) is 11.3. The maximum Gasteiger partial charge on any atom is 0.214 e. The normalized spacial score (nSPS) is 15.7. The van der Waals surface area contributed by atoms with Crippen molar-refractivity contribution in [2.45, 2.75) is 27.7 Å². The van der Waals surface area contributed by atoms with Gasteiger partial charge in [0.1, 0.15) is 0 Å². The number of rotatable bonds is 5. The van der Waals surface area contributed by atoms with Gasteiger partial charge in [0.2, 0.25) is 10.0 Å². The molecule has 0 aliphatic carbocycles. The van der Waals surface area contributed by atoms with Crippen LogP contribution < -0.4 is 5.73 Å². The van der Waals surface area contributed by atoms with Crippen molar-refractivity contribution in [1.82, 2.24) is 4.31 Å². The van der Waals surface area contributed by atoms with Crippen molar-refractivity contribution in [3.63, 3.8) is 0 Å². The number of sulfonamides is 1. The van der Waals surface area contributed by atoms with Crippen LogP contribution in [-0.2, 0) is 10.0 Å². The van der Waals surface area contributed by atoms with E-state index in [9.17, 15) is 8.42 Å². The molecule has 0 fully saturated rings. The first-order valence-electron chi connectivity index (χ1n) is 5.22. The lowest BCUT2D eigenvalue weighted by molar-refractivity contribution is 0.386. The fourth-order valence-electron chi connectivity index (χ4n) is 1.28. The first-order chi connectivity index (χ1) is 6.58. The molecular formula is C10H24N2O2S. The van der Waals surface area contributed by atoms with Gasteiger partial charge in [-0.2, -0.15) is 0 Å². The summed E-state index contributed by atoms with van der Waals surface area (Å²) >= 11 is 0. The summed E-state index contributed by atoms with van der Waals surface area (Å²) in [6, 6.07) is 0. The van der Waals surface area contributed by atoms with E-state index < -0.39 is 10.0 Å². The molecule has 1 atom stereocenters. The minimum absolute atomic E-state index is 0.174. The highest BCUT2D eigenvalue weighted by molar-refractivity contribution is 7.89. The Morgan fingerprint density at radius 3 is 2.13 bits per heavy atom. The minimum atomic E-state index is -3.15. The quantitative estimate of drug-likeness (QED) is 0.771. The van der Waals surface area contributed by atoms with Gasteiger partial charge in [0.15, 0.2) is 0 Å². The average molecular weight is 236 g/mol. The van der Waals surface area contributed by atoms with Crippen LogP contribution in [0.4, 0.5) is 0 Å². The molecule has 0 aromatic heterocycles. The highest BCUT2D eigenvalue weighted by Crippen LogP contribution is 2.18. The van der Waals surface area contributed by atoms with Crippen molar-refractivity contribution in [1.29, 1.82) is 0 Å². The van der Waals surface area contributed by atoms with Crippen LogP contribution in [0.25, 0.3) is 0 Å². The van der Waals surface area contributed by atoms with E-state index >= 15 is 0 Å². The molecule has 0 heterocycles. The van der Waals surface area contributed by atoms with Crippen LogP contribution in [0.5, 0.6) is 0 Å². The Kier molecular flexibility index (Phi) is 5.23. The molecule has 0 spiro atoms. The standard InChI is InChI=1S/C10H24N2O2S/c1-9(6-11)7-12(5)15(13,14)8-10(2,3)4/h9H,6-8,11H2,1-5H3. The van der Waals surface area contributed by atoms with E-state index in [0.29, 0.717) is 13.1 Å². The Bertz CT molecular complexity index is 280. The molecule has 0 aliphatic rings. The Balaban J connectivity index is 4.47. The van der Waals surface area contributed by atoms with Gasteiger partial charge in [0, 0.05) is 13.6 Å². The second-order valence-corrected chi connectivity index (χ2v) is 7.51. The lowest BCUT2D eigenvalue weighted by Gasteiger charge is -2.25. The molecule has 92 valence electrons. The minimum Gasteiger partial charge on any atom is -0.330 e. The second kappa shape index (κ2) is 5.27. The lowest BCUT2D eigenvalue weighted by atomic mass is 10.0. The molecule has 0 aromatic carbocycles. The maximum absolute atomic E-state index is 11.9. The zero-order valence-electron chi connectivity index (χ0n) is 10.4. The Morgan fingerprint density at radius 1 is 1.33 bits per heavy atom. The molecule has 0 amide bonds. The molecule has 0 aromatic rings. The van der Waals surface area contributed by atoms with Crippen LogP contribution in [0.3, 0.4) is 0 Å². The molecule has 4 nitrogen and oxygen atoms in total. The summed E-state index contributed by atoms with van der Waals surface area (Å²) in [4.78, 5) is 0. The van der Waals surface area contributed by atoms with E-state index in [4.69, 9.17) is 5.73 Å². The van der Waals surface area contributed by atoms with E-state index in [-0.39, 0.29) is 17.1 Å². The maximum atomic E-state index is 11.9. The summed E-state index contributed by atoms with van der Waals surface area (Å²) in [6.07, 6.45) is 0. The van der Waals surface area contributed by atoms with Gasteiger partial charge in [0.25, 0.3) is 0 Å². The molecular weight excluding hydrogens is 212 g/mol. The fourth-order valence-corrected chi connectivity index (χ4v) is 3.08. The van der Waals surface area contributed by atoms with Gasteiger partial charge in [-0.05, 0) is 17.9 Å². The van der Waals surface area contributed by atoms with Crippen LogP contribution in [0.15, 0.2) is 0 Å². The number of hydrogen-bond acceptors (Lipinski definition) is 3. The predicted octanol–water partition coefficient (Wildman–Crippen LogP) is 0.889. The third-order valence-electron chi connectivity index (χ3n) is 2.06. The molecule has 0 saturated heterocycles. The molecule has 0 saturated carbocycles. The fraction of sp³-hybridized carbons (Fsp3) is 1.00. The topological polar surface area (TPSA) is 63.4 Å². The van der Waals surface area contributed by atoms with Gasteiger partial charge >= 0.3 is 0 Å². The Hall–Kier alpha value is -0.130. The monoisotopic (exact) mass is 236 g/mol. The summed E-state index contributed by atoms with van der Waals surface area (Å²) in [5.74, 6) is 0.373. The van der Waals surface area contributed by atoms with Gasteiger partial charge in [-0.25, -0.2) is 12.7 Å². The van der Waals surface area contributed by atoms with Crippen molar-refractivity contribution in [2.24, 2.45) is 17.1 Å². The third-order valence-corrected chi connectivity index (χ3v) is 4.39. The zero-order chi connectivity index (χ0) is 12.3. The average Bonchev–Trinajstić information content (AvgIpc) is 1.99. The first kappa shape index (κ1) is 14.9. The SMILES string of the molecule is CC(CN)CN(C)S(=O)(=O)CC(C)(C)C. The van der Waals surface area contributed by atoms with E-state index in [2.05, 4.69) is 0 Å². The van der Waals surface area contributed by atoms with Crippen LogP contribution in [0.1, 0.15) is 27.7 Å². The summed E-state index contributed by atoms with van der Waals surface area (Å²) in [6.45, 7) is 8.72. The van der Waals surface area contributed by atoms with E-state index in [1.54, 1.807) is 7.05 Å². The molecule has 0 aliphatic heterocycles. The van der Waals surface area contributed by atoms with Crippen molar-refractivity contribution in [2.75, 3.05) is 25.9 Å². The highest BCUT2D eigenvalue weighted by atomic mass is 32.2. The van der Waals surface area contributed by atoms with Crippen molar-refractivity contribution in [3.8, 4) is 0 Å². The Labute approximate surface area is 93.9 Å². The summed E-state index contributed by atoms with van der Waals surface area (Å²) in [5.41, 5.74) is 5.26. The van der Waals surface area contributed by atoms with E-state index in [0.717, 1.165) is 0 Å². The van der Waals surface area contributed by atoms with Crippen molar-refractivity contribution in [3.05, 3.63) is 0 Å². The van der Waals surface area contributed by atoms with E-state index in [1.165, 1.54) is 4.31 Å². The summed E-state index contributed by atoms with van der Waals surface area (Å²) in [7, 11) is -1.53. The number of hydrogen-bond donors (Lipinski definition) is 1. The van der Waals surface area contributed by atoms with Gasteiger partial charge in [-0.1, -0.05) is 27.7 Å². The van der Waals surface area contributed by atoms with E-state index in [1.807, 2.05) is 27.7 Å². The van der Waals surface area contributed by atoms with Crippen LogP contribution in [-0.4, -0.2) is 38.6 Å². The molecule has 2 N–H and O–H groups in total. The lowest BCUT2D eigenvalue weighted by Crippen LogP contribution is -2.38. The van der Waals surface area contributed by atoms with Gasteiger partial charge in [-0.15, -0.1) is 0 Å². The third kappa shape index (κ3) is 6.12. The van der Waals surface area contributed by atoms with Gasteiger partial charge in [0.05, 0.1) is 5.75 Å². The summed E-state index contributed by atoms with van der Waals surface area (Å²) < 4.78 is 25.2. The summed E-state index contributed by atoms with van der Waals surface area (Å²) in [5, 5.41) is 0. The molecule has 1 unspecified atom stereocenters. The highest BCUT2D eigenvalue weighted by Gasteiger charge is 2.26. The second-order valence-electron chi connectivity index (χ2n) is 5.44. The largest absolute Gasteiger partial charge is 0.330 e. The predicted molar refractivity (Wildman–Crippen MR) is 64.1 cm³/mol. The number of nitrogens with zero attached hydrogens (tertiary/aromatic N) is 1. The molecule has 0 rings (SSSR count). The Morgan fingerprint density at radius 2 is 1.80 bits per heavy atom. The van der Waals surface area contributed by atoms with Gasteiger partial charge < -0.3 is 5.73 Å². The smallest absolute Gasteiger partial charge is 0.214 e. The first-order valence-corrected chi connectivity index (χ1v) is 6.83.